The van der Waals surface area contributed by atoms with Crippen molar-refractivity contribution in [3.05, 3.63) is 23.2 Å². The van der Waals surface area contributed by atoms with Gasteiger partial charge in [0.2, 0.25) is 0 Å². The van der Waals surface area contributed by atoms with E-state index in [9.17, 15) is 5.11 Å². The Morgan fingerprint density at radius 1 is 1.43 bits per heavy atom. The van der Waals surface area contributed by atoms with Crippen LogP contribution in [-0.2, 0) is 0 Å². The van der Waals surface area contributed by atoms with Crippen LogP contribution in [0.4, 0.5) is 0 Å². The first kappa shape index (κ1) is 11.7. The van der Waals surface area contributed by atoms with Crippen LogP contribution < -0.4 is 4.74 Å². The van der Waals surface area contributed by atoms with E-state index in [2.05, 4.69) is 0 Å². The normalized spacial score (nSPS) is 11.5. The molecule has 0 heterocycles. The van der Waals surface area contributed by atoms with E-state index in [4.69, 9.17) is 16.3 Å². The smallest absolute Gasteiger partial charge is 0.132 e. The Kier molecular flexibility index (Phi) is 3.70. The zero-order valence-corrected chi connectivity index (χ0v) is 9.95. The molecule has 1 N–H and O–H groups in total. The zero-order chi connectivity index (χ0) is 10.8. The molecule has 0 saturated carbocycles. The van der Waals surface area contributed by atoms with Gasteiger partial charge in [0, 0.05) is 5.02 Å². The molecule has 0 radical (unpaired) electrons. The lowest BCUT2D eigenvalue weighted by atomic mass is 10.3. The van der Waals surface area contributed by atoms with E-state index >= 15 is 0 Å². The third-order valence-corrected chi connectivity index (χ3v) is 2.76. The van der Waals surface area contributed by atoms with Crippen molar-refractivity contribution in [1.29, 1.82) is 0 Å². The average Bonchev–Trinajstić information content (AvgIpc) is 2.01. The number of methoxy groups -OCH3 is 1. The molecule has 0 atom stereocenters. The highest BCUT2D eigenvalue weighted by Gasteiger charge is 2.17. The van der Waals surface area contributed by atoms with Crippen LogP contribution in [-0.4, -0.2) is 17.1 Å². The SMILES string of the molecule is COc1ccc(Cl)cc1SC(C)(C)O. The number of thioether (sulfide) groups is 1. The van der Waals surface area contributed by atoms with Gasteiger partial charge in [0.1, 0.15) is 10.7 Å². The number of aliphatic hydroxyl groups is 1. The summed E-state index contributed by atoms with van der Waals surface area (Å²) in [6.07, 6.45) is 0. The Bertz CT molecular complexity index is 320. The van der Waals surface area contributed by atoms with E-state index in [1.807, 2.05) is 0 Å². The number of halogens is 1. The fourth-order valence-corrected chi connectivity index (χ4v) is 2.21. The molecule has 78 valence electrons. The van der Waals surface area contributed by atoms with Crippen molar-refractivity contribution in [1.82, 2.24) is 0 Å². The molecular formula is C10H13ClO2S. The van der Waals surface area contributed by atoms with Crippen molar-refractivity contribution < 1.29 is 9.84 Å². The molecule has 1 rings (SSSR count). The monoisotopic (exact) mass is 232 g/mol. The summed E-state index contributed by atoms with van der Waals surface area (Å²) in [6.45, 7) is 3.44. The van der Waals surface area contributed by atoms with Crippen molar-refractivity contribution in [2.75, 3.05) is 7.11 Å². The van der Waals surface area contributed by atoms with Gasteiger partial charge in [0.15, 0.2) is 0 Å². The van der Waals surface area contributed by atoms with Crippen LogP contribution in [0.1, 0.15) is 13.8 Å². The van der Waals surface area contributed by atoms with Crippen LogP contribution in [0, 0.1) is 0 Å². The molecule has 1 aromatic carbocycles. The van der Waals surface area contributed by atoms with Gasteiger partial charge in [-0.3, -0.25) is 0 Å². The van der Waals surface area contributed by atoms with Crippen molar-refractivity contribution in [2.45, 2.75) is 23.7 Å². The Labute approximate surface area is 93.2 Å². The lowest BCUT2D eigenvalue weighted by Crippen LogP contribution is -2.12. The van der Waals surface area contributed by atoms with E-state index in [1.54, 1.807) is 39.2 Å². The van der Waals surface area contributed by atoms with Crippen LogP contribution >= 0.6 is 23.4 Å². The molecule has 0 amide bonds. The predicted octanol–water partition coefficient (Wildman–Crippen LogP) is 3.17. The van der Waals surface area contributed by atoms with E-state index in [1.165, 1.54) is 11.8 Å². The van der Waals surface area contributed by atoms with Crippen LogP contribution in [0.25, 0.3) is 0 Å². The summed E-state index contributed by atoms with van der Waals surface area (Å²) < 4.78 is 5.16. The Morgan fingerprint density at radius 3 is 2.57 bits per heavy atom. The molecule has 0 aromatic heterocycles. The van der Waals surface area contributed by atoms with E-state index < -0.39 is 4.93 Å². The van der Waals surface area contributed by atoms with Gasteiger partial charge < -0.3 is 9.84 Å². The average molecular weight is 233 g/mol. The molecular weight excluding hydrogens is 220 g/mol. The molecule has 14 heavy (non-hydrogen) atoms. The third kappa shape index (κ3) is 3.40. The zero-order valence-electron chi connectivity index (χ0n) is 8.37. The second-order valence-electron chi connectivity index (χ2n) is 3.34. The first-order chi connectivity index (χ1) is 6.42. The highest BCUT2D eigenvalue weighted by atomic mass is 35.5. The van der Waals surface area contributed by atoms with Crippen molar-refractivity contribution in [3.8, 4) is 5.75 Å². The molecule has 0 unspecified atom stereocenters. The molecule has 1 aromatic rings. The second-order valence-corrected chi connectivity index (χ2v) is 5.42. The van der Waals surface area contributed by atoms with E-state index in [0.29, 0.717) is 5.02 Å². The number of benzene rings is 1. The third-order valence-electron chi connectivity index (χ3n) is 1.49. The minimum absolute atomic E-state index is 0.637. The topological polar surface area (TPSA) is 29.5 Å². The van der Waals surface area contributed by atoms with E-state index in [-0.39, 0.29) is 0 Å². The van der Waals surface area contributed by atoms with Crippen LogP contribution in [0.5, 0.6) is 5.75 Å². The molecule has 0 aliphatic rings. The number of ether oxygens (including phenoxy) is 1. The van der Waals surface area contributed by atoms with E-state index in [0.717, 1.165) is 10.6 Å². The van der Waals surface area contributed by atoms with Crippen LogP contribution in [0.2, 0.25) is 5.02 Å². The Morgan fingerprint density at radius 2 is 2.07 bits per heavy atom. The molecule has 0 bridgehead atoms. The molecule has 2 nitrogen and oxygen atoms in total. The lowest BCUT2D eigenvalue weighted by molar-refractivity contribution is 0.179. The molecule has 4 heteroatoms. The number of hydrogen-bond donors (Lipinski definition) is 1. The summed E-state index contributed by atoms with van der Waals surface area (Å²) in [6, 6.07) is 5.33. The van der Waals surface area contributed by atoms with Crippen molar-refractivity contribution >= 4 is 23.4 Å². The molecule has 0 aliphatic heterocycles. The van der Waals surface area contributed by atoms with Gasteiger partial charge in [-0.1, -0.05) is 23.4 Å². The van der Waals surface area contributed by atoms with Gasteiger partial charge >= 0.3 is 0 Å². The van der Waals surface area contributed by atoms with Gasteiger partial charge in [-0.05, 0) is 32.0 Å². The summed E-state index contributed by atoms with van der Waals surface area (Å²) in [7, 11) is 1.59. The minimum atomic E-state index is -0.835. The van der Waals surface area contributed by atoms with Crippen LogP contribution in [0.3, 0.4) is 0 Å². The highest BCUT2D eigenvalue weighted by molar-refractivity contribution is 8.00. The standard InChI is InChI=1S/C10H13ClO2S/c1-10(2,12)14-9-6-7(11)4-5-8(9)13-3/h4-6,12H,1-3H3. The van der Waals surface area contributed by atoms with Gasteiger partial charge in [-0.25, -0.2) is 0 Å². The minimum Gasteiger partial charge on any atom is -0.496 e. The fraction of sp³-hybridized carbons (Fsp3) is 0.400. The van der Waals surface area contributed by atoms with Gasteiger partial charge in [0.05, 0.1) is 12.0 Å². The summed E-state index contributed by atoms with van der Waals surface area (Å²) in [5, 5.41) is 10.3. The highest BCUT2D eigenvalue weighted by Crippen LogP contribution is 2.37. The number of hydrogen-bond acceptors (Lipinski definition) is 3. The summed E-state index contributed by atoms with van der Waals surface area (Å²) in [5.41, 5.74) is 0. The largest absolute Gasteiger partial charge is 0.496 e. The fourth-order valence-electron chi connectivity index (χ4n) is 0.999. The maximum Gasteiger partial charge on any atom is 0.132 e. The molecule has 0 spiro atoms. The summed E-state index contributed by atoms with van der Waals surface area (Å²) in [4.78, 5) is 0.00492. The van der Waals surface area contributed by atoms with Gasteiger partial charge in [-0.2, -0.15) is 0 Å². The maximum absolute atomic E-state index is 9.65. The molecule has 0 aliphatic carbocycles. The van der Waals surface area contributed by atoms with Gasteiger partial charge in [0.25, 0.3) is 0 Å². The van der Waals surface area contributed by atoms with Crippen molar-refractivity contribution in [2.24, 2.45) is 0 Å². The van der Waals surface area contributed by atoms with Crippen LogP contribution in [0.15, 0.2) is 23.1 Å². The first-order valence-electron chi connectivity index (χ1n) is 4.17. The number of rotatable bonds is 3. The quantitative estimate of drug-likeness (QED) is 0.641. The maximum atomic E-state index is 9.65. The predicted molar refractivity (Wildman–Crippen MR) is 60.2 cm³/mol. The molecule has 0 fully saturated rings. The lowest BCUT2D eigenvalue weighted by Gasteiger charge is -2.18. The summed E-state index contributed by atoms with van der Waals surface area (Å²) >= 11 is 7.16. The molecule has 0 saturated heterocycles. The summed E-state index contributed by atoms with van der Waals surface area (Å²) in [5.74, 6) is 0.724. The second kappa shape index (κ2) is 4.43. The Hall–Kier alpha value is -0.380. The van der Waals surface area contributed by atoms with Gasteiger partial charge in [-0.15, -0.1) is 0 Å². The first-order valence-corrected chi connectivity index (χ1v) is 5.37. The Balaban J connectivity index is 2.99. The van der Waals surface area contributed by atoms with Crippen molar-refractivity contribution in [3.63, 3.8) is 0 Å².